The SMILES string of the molecule is CCNC(=NCc1nc(C)no1)NCC(C)(C)OC.I. The molecule has 116 valence electrons. The van der Waals surface area contributed by atoms with Crippen LogP contribution in [0.25, 0.3) is 0 Å². The third-order valence-corrected chi connectivity index (χ3v) is 2.52. The summed E-state index contributed by atoms with van der Waals surface area (Å²) in [6, 6.07) is 0. The minimum atomic E-state index is -0.253. The number of aliphatic imine (C=N–C) groups is 1. The maximum Gasteiger partial charge on any atom is 0.248 e. The molecule has 1 heterocycles. The summed E-state index contributed by atoms with van der Waals surface area (Å²) in [6.07, 6.45) is 0. The lowest BCUT2D eigenvalue weighted by Crippen LogP contribution is -2.45. The number of methoxy groups -OCH3 is 1. The molecule has 2 N–H and O–H groups in total. The first-order valence-electron chi connectivity index (χ1n) is 6.33. The fraction of sp³-hybridized carbons (Fsp3) is 0.750. The first-order valence-corrected chi connectivity index (χ1v) is 6.33. The van der Waals surface area contributed by atoms with Gasteiger partial charge in [0.15, 0.2) is 11.8 Å². The quantitative estimate of drug-likeness (QED) is 0.430. The highest BCUT2D eigenvalue weighted by atomic mass is 127. The van der Waals surface area contributed by atoms with Gasteiger partial charge in [0.05, 0.1) is 5.60 Å². The molecule has 0 aliphatic heterocycles. The van der Waals surface area contributed by atoms with Crippen LogP contribution in [0.15, 0.2) is 9.52 Å². The van der Waals surface area contributed by atoms with Crippen LogP contribution >= 0.6 is 24.0 Å². The van der Waals surface area contributed by atoms with Crippen molar-refractivity contribution in [1.29, 1.82) is 0 Å². The van der Waals surface area contributed by atoms with Crippen molar-refractivity contribution in [3.05, 3.63) is 11.7 Å². The smallest absolute Gasteiger partial charge is 0.248 e. The van der Waals surface area contributed by atoms with Gasteiger partial charge in [-0.3, -0.25) is 0 Å². The summed E-state index contributed by atoms with van der Waals surface area (Å²) in [4.78, 5) is 8.48. The highest BCUT2D eigenvalue weighted by Crippen LogP contribution is 2.04. The summed E-state index contributed by atoms with van der Waals surface area (Å²) in [7, 11) is 1.69. The van der Waals surface area contributed by atoms with Crippen LogP contribution in [0.4, 0.5) is 0 Å². The van der Waals surface area contributed by atoms with Gasteiger partial charge in [-0.1, -0.05) is 5.16 Å². The van der Waals surface area contributed by atoms with Gasteiger partial charge < -0.3 is 19.9 Å². The third-order valence-electron chi connectivity index (χ3n) is 2.52. The number of hydrogen-bond donors (Lipinski definition) is 2. The summed E-state index contributed by atoms with van der Waals surface area (Å²) >= 11 is 0. The van der Waals surface area contributed by atoms with E-state index in [9.17, 15) is 0 Å². The summed E-state index contributed by atoms with van der Waals surface area (Å²) in [6.45, 7) is 9.58. The molecule has 0 unspecified atom stereocenters. The molecule has 0 aliphatic carbocycles. The molecule has 1 rings (SSSR count). The highest BCUT2D eigenvalue weighted by Gasteiger charge is 2.16. The number of guanidine groups is 1. The molecule has 8 heteroatoms. The average Bonchev–Trinajstić information content (AvgIpc) is 2.79. The Morgan fingerprint density at radius 2 is 2.10 bits per heavy atom. The molecule has 0 atom stereocenters. The highest BCUT2D eigenvalue weighted by molar-refractivity contribution is 14.0. The van der Waals surface area contributed by atoms with Gasteiger partial charge in [0.2, 0.25) is 5.89 Å². The molecule has 0 radical (unpaired) electrons. The average molecular weight is 397 g/mol. The van der Waals surface area contributed by atoms with Crippen molar-refractivity contribution < 1.29 is 9.26 Å². The molecule has 20 heavy (non-hydrogen) atoms. The predicted molar refractivity (Wildman–Crippen MR) is 88.4 cm³/mol. The van der Waals surface area contributed by atoms with Crippen LogP contribution in [0.5, 0.6) is 0 Å². The van der Waals surface area contributed by atoms with E-state index in [1.54, 1.807) is 14.0 Å². The zero-order valence-corrected chi connectivity index (χ0v) is 15.0. The van der Waals surface area contributed by atoms with Crippen LogP contribution in [0.1, 0.15) is 32.5 Å². The molecule has 7 nitrogen and oxygen atoms in total. The van der Waals surface area contributed by atoms with Gasteiger partial charge in [-0.25, -0.2) is 4.99 Å². The van der Waals surface area contributed by atoms with Crippen LogP contribution in [0.3, 0.4) is 0 Å². The molecule has 0 amide bonds. The van der Waals surface area contributed by atoms with E-state index in [4.69, 9.17) is 9.26 Å². The van der Waals surface area contributed by atoms with E-state index in [0.29, 0.717) is 30.8 Å². The van der Waals surface area contributed by atoms with Gasteiger partial charge in [0, 0.05) is 20.2 Å². The molecule has 0 saturated heterocycles. The van der Waals surface area contributed by atoms with E-state index in [2.05, 4.69) is 25.8 Å². The zero-order chi connectivity index (χ0) is 14.3. The van der Waals surface area contributed by atoms with Gasteiger partial charge in [-0.15, -0.1) is 24.0 Å². The number of hydrogen-bond acceptors (Lipinski definition) is 5. The van der Waals surface area contributed by atoms with Gasteiger partial charge in [-0.2, -0.15) is 4.98 Å². The largest absolute Gasteiger partial charge is 0.377 e. The van der Waals surface area contributed by atoms with Crippen molar-refractivity contribution in [2.75, 3.05) is 20.2 Å². The van der Waals surface area contributed by atoms with Gasteiger partial charge >= 0.3 is 0 Å². The van der Waals surface area contributed by atoms with Crippen LogP contribution in [-0.2, 0) is 11.3 Å². The van der Waals surface area contributed by atoms with E-state index in [-0.39, 0.29) is 29.6 Å². The Kier molecular flexibility index (Phi) is 8.70. The second-order valence-electron chi connectivity index (χ2n) is 4.75. The standard InChI is InChI=1S/C12H23N5O2.HI/c1-6-13-11(15-8-12(3,4)18-5)14-7-10-16-9(2)17-19-10;/h6-8H2,1-5H3,(H2,13,14,15);1H. The van der Waals surface area contributed by atoms with Crippen LogP contribution in [0.2, 0.25) is 0 Å². The maximum absolute atomic E-state index is 5.35. The molecule has 0 fully saturated rings. The number of aromatic nitrogens is 2. The summed E-state index contributed by atoms with van der Waals surface area (Å²) in [5.41, 5.74) is -0.253. The number of rotatable bonds is 6. The molecule has 0 saturated carbocycles. The third kappa shape index (κ3) is 7.04. The number of nitrogens with zero attached hydrogens (tertiary/aromatic N) is 3. The van der Waals surface area contributed by atoms with Gasteiger partial charge in [0.1, 0.15) is 6.54 Å². The second kappa shape index (κ2) is 9.11. The molecule has 0 aliphatic rings. The van der Waals surface area contributed by atoms with Crippen LogP contribution < -0.4 is 10.6 Å². The Balaban J connectivity index is 0.00000361. The van der Waals surface area contributed by atoms with Crippen LogP contribution in [0, 0.1) is 6.92 Å². The van der Waals surface area contributed by atoms with Crippen molar-refractivity contribution in [2.45, 2.75) is 39.8 Å². The second-order valence-corrected chi connectivity index (χ2v) is 4.75. The van der Waals surface area contributed by atoms with Crippen molar-refractivity contribution >= 4 is 29.9 Å². The Bertz CT molecular complexity index is 420. The van der Waals surface area contributed by atoms with E-state index in [1.165, 1.54) is 0 Å². The Hall–Kier alpha value is -0.900. The molecular weight excluding hydrogens is 373 g/mol. The molecular formula is C12H24IN5O2. The van der Waals surface area contributed by atoms with E-state index < -0.39 is 0 Å². The van der Waals surface area contributed by atoms with E-state index in [0.717, 1.165) is 6.54 Å². The summed E-state index contributed by atoms with van der Waals surface area (Å²) in [5, 5.41) is 10.1. The topological polar surface area (TPSA) is 84.6 Å². The van der Waals surface area contributed by atoms with Crippen molar-refractivity contribution in [3.63, 3.8) is 0 Å². The van der Waals surface area contributed by atoms with Crippen molar-refractivity contribution in [1.82, 2.24) is 20.8 Å². The predicted octanol–water partition coefficient (Wildman–Crippen LogP) is 1.48. The molecule has 1 aromatic heterocycles. The fourth-order valence-electron chi connectivity index (χ4n) is 1.26. The number of nitrogens with one attached hydrogen (secondary N) is 2. The van der Waals surface area contributed by atoms with Crippen molar-refractivity contribution in [2.24, 2.45) is 4.99 Å². The van der Waals surface area contributed by atoms with Gasteiger partial charge in [-0.05, 0) is 27.7 Å². The molecule has 1 aromatic rings. The molecule has 0 aromatic carbocycles. The Labute approximate surface area is 137 Å². The first kappa shape index (κ1) is 19.1. The number of halogens is 1. The monoisotopic (exact) mass is 397 g/mol. The summed E-state index contributed by atoms with van der Waals surface area (Å²) in [5.74, 6) is 1.81. The zero-order valence-electron chi connectivity index (χ0n) is 12.7. The first-order chi connectivity index (χ1) is 8.96. The minimum Gasteiger partial charge on any atom is -0.377 e. The summed E-state index contributed by atoms with van der Waals surface area (Å²) < 4.78 is 10.4. The number of aryl methyl sites for hydroxylation is 1. The lowest BCUT2D eigenvalue weighted by atomic mass is 10.1. The van der Waals surface area contributed by atoms with E-state index in [1.807, 2.05) is 20.8 Å². The minimum absolute atomic E-state index is 0. The normalized spacial score (nSPS) is 11.9. The fourth-order valence-corrected chi connectivity index (χ4v) is 1.26. The maximum atomic E-state index is 5.35. The van der Waals surface area contributed by atoms with Crippen LogP contribution in [-0.4, -0.2) is 41.9 Å². The Morgan fingerprint density at radius 3 is 2.60 bits per heavy atom. The van der Waals surface area contributed by atoms with E-state index >= 15 is 0 Å². The lowest BCUT2D eigenvalue weighted by Gasteiger charge is -2.24. The lowest BCUT2D eigenvalue weighted by molar-refractivity contribution is 0.0268. The van der Waals surface area contributed by atoms with Crippen molar-refractivity contribution in [3.8, 4) is 0 Å². The van der Waals surface area contributed by atoms with Gasteiger partial charge in [0.25, 0.3) is 0 Å². The number of ether oxygens (including phenoxy) is 1. The molecule has 0 bridgehead atoms. The molecule has 0 spiro atoms. The Morgan fingerprint density at radius 1 is 1.40 bits per heavy atom.